The van der Waals surface area contributed by atoms with Crippen molar-refractivity contribution < 1.29 is 14.3 Å². The van der Waals surface area contributed by atoms with Crippen LogP contribution in [0.1, 0.15) is 36.9 Å². The van der Waals surface area contributed by atoms with E-state index in [-0.39, 0.29) is 12.4 Å². The van der Waals surface area contributed by atoms with E-state index in [9.17, 15) is 9.59 Å². The minimum Gasteiger partial charge on any atom is -0.453 e. The lowest BCUT2D eigenvalue weighted by molar-refractivity contribution is 0.0479. The van der Waals surface area contributed by atoms with Gasteiger partial charge >= 0.3 is 5.97 Å². The Morgan fingerprint density at radius 2 is 2.05 bits per heavy atom. The van der Waals surface area contributed by atoms with E-state index in [1.165, 1.54) is 21.8 Å². The number of rotatable bonds is 4. The predicted octanol–water partition coefficient (Wildman–Crippen LogP) is 3.93. The molecule has 108 valence electrons. The number of benzene rings is 1. The van der Waals surface area contributed by atoms with Crippen LogP contribution in [-0.4, -0.2) is 18.4 Å². The maximum Gasteiger partial charge on any atom is 0.348 e. The van der Waals surface area contributed by atoms with Gasteiger partial charge in [-0.15, -0.1) is 11.3 Å². The van der Waals surface area contributed by atoms with Crippen LogP contribution >= 0.6 is 22.9 Å². The Morgan fingerprint density at radius 1 is 1.24 bits per heavy atom. The summed E-state index contributed by atoms with van der Waals surface area (Å²) in [6.45, 7) is -0.287. The van der Waals surface area contributed by atoms with Crippen LogP contribution in [0.2, 0.25) is 5.02 Å². The lowest BCUT2D eigenvalue weighted by atomic mass is 10.1. The third-order valence-corrected chi connectivity index (χ3v) is 5.00. The molecule has 0 spiro atoms. The first kappa shape index (κ1) is 14.3. The van der Waals surface area contributed by atoms with Gasteiger partial charge in [-0.05, 0) is 43.0 Å². The molecular weight excluding hydrogens is 308 g/mol. The van der Waals surface area contributed by atoms with Gasteiger partial charge in [-0.1, -0.05) is 23.7 Å². The van der Waals surface area contributed by atoms with Crippen LogP contribution in [0, 0.1) is 0 Å². The van der Waals surface area contributed by atoms with Gasteiger partial charge in [-0.25, -0.2) is 4.79 Å². The molecule has 21 heavy (non-hydrogen) atoms. The number of halogens is 1. The number of Topliss-reactive ketones (excluding diaryl/α,β-unsaturated/α-hetero) is 1. The lowest BCUT2D eigenvalue weighted by Gasteiger charge is -2.04. The highest BCUT2D eigenvalue weighted by atomic mass is 35.5. The second kappa shape index (κ2) is 6.00. The molecule has 0 radical (unpaired) electrons. The van der Waals surface area contributed by atoms with Gasteiger partial charge in [0.15, 0.2) is 6.61 Å². The molecule has 1 aromatic heterocycles. The number of ether oxygens (including phenoxy) is 1. The van der Waals surface area contributed by atoms with E-state index in [0.717, 1.165) is 19.3 Å². The highest BCUT2D eigenvalue weighted by molar-refractivity contribution is 7.14. The van der Waals surface area contributed by atoms with E-state index < -0.39 is 5.97 Å². The monoisotopic (exact) mass is 320 g/mol. The molecule has 0 bridgehead atoms. The molecule has 0 N–H and O–H groups in total. The maximum absolute atomic E-state index is 12.0. The quantitative estimate of drug-likeness (QED) is 0.633. The zero-order valence-corrected chi connectivity index (χ0v) is 12.8. The molecule has 0 amide bonds. The highest BCUT2D eigenvalue weighted by Crippen LogP contribution is 2.31. The van der Waals surface area contributed by atoms with Gasteiger partial charge in [0, 0.05) is 10.4 Å². The van der Waals surface area contributed by atoms with Crippen LogP contribution in [0.5, 0.6) is 0 Å². The molecule has 1 aliphatic rings. The van der Waals surface area contributed by atoms with Crippen molar-refractivity contribution in [1.29, 1.82) is 0 Å². The summed E-state index contributed by atoms with van der Waals surface area (Å²) in [4.78, 5) is 25.8. The summed E-state index contributed by atoms with van der Waals surface area (Å²) in [7, 11) is 0. The molecule has 0 unspecified atom stereocenters. The van der Waals surface area contributed by atoms with Crippen LogP contribution in [0.4, 0.5) is 0 Å². The predicted molar refractivity (Wildman–Crippen MR) is 82.4 cm³/mol. The van der Waals surface area contributed by atoms with Gasteiger partial charge in [-0.2, -0.15) is 0 Å². The molecule has 3 nitrogen and oxygen atoms in total. The number of fused-ring (bicyclic) bond motifs is 1. The summed E-state index contributed by atoms with van der Waals surface area (Å²) < 4.78 is 5.10. The Hall–Kier alpha value is -1.65. The fourth-order valence-electron chi connectivity index (χ4n) is 2.40. The second-order valence-electron chi connectivity index (χ2n) is 4.89. The van der Waals surface area contributed by atoms with Crippen molar-refractivity contribution in [2.75, 3.05) is 6.61 Å². The van der Waals surface area contributed by atoms with Crippen LogP contribution in [0.3, 0.4) is 0 Å². The van der Waals surface area contributed by atoms with Crippen molar-refractivity contribution in [2.45, 2.75) is 19.3 Å². The molecule has 1 aromatic carbocycles. The molecule has 5 heteroatoms. The summed E-state index contributed by atoms with van der Waals surface area (Å²) in [5, 5.41) is 0.369. The molecule has 3 rings (SSSR count). The minimum absolute atomic E-state index is 0.287. The van der Waals surface area contributed by atoms with Crippen molar-refractivity contribution in [3.8, 4) is 0 Å². The molecular formula is C16H13ClO3S. The largest absolute Gasteiger partial charge is 0.453 e. The van der Waals surface area contributed by atoms with Gasteiger partial charge in [-0.3, -0.25) is 4.79 Å². The van der Waals surface area contributed by atoms with E-state index in [1.807, 2.05) is 6.07 Å². The zero-order chi connectivity index (χ0) is 14.8. The smallest absolute Gasteiger partial charge is 0.348 e. The fraction of sp³-hybridized carbons (Fsp3) is 0.250. The number of carbonyl (C=O) groups excluding carboxylic acids is 2. The van der Waals surface area contributed by atoms with Crippen LogP contribution < -0.4 is 0 Å². The second-order valence-corrected chi connectivity index (χ2v) is 6.44. The normalized spacial score (nSPS) is 13.0. The average Bonchev–Trinajstić information content (AvgIpc) is 3.06. The Bertz CT molecular complexity index is 684. The number of aryl methyl sites for hydroxylation is 2. The third-order valence-electron chi connectivity index (χ3n) is 3.46. The molecule has 0 fully saturated rings. The number of carbonyl (C=O) groups is 2. The Labute approximate surface area is 131 Å². The summed E-state index contributed by atoms with van der Waals surface area (Å²) in [5.41, 5.74) is 1.62. The van der Waals surface area contributed by atoms with Crippen molar-refractivity contribution in [3.05, 3.63) is 56.2 Å². The maximum atomic E-state index is 12.0. The Balaban J connectivity index is 1.63. The summed E-state index contributed by atoms with van der Waals surface area (Å²) in [5.74, 6) is -0.729. The van der Waals surface area contributed by atoms with Gasteiger partial charge in [0.05, 0.1) is 5.02 Å². The topological polar surface area (TPSA) is 43.4 Å². The summed E-state index contributed by atoms with van der Waals surface area (Å²) >= 11 is 7.41. The standard InChI is InChI=1S/C16H13ClO3S/c17-12-6-2-1-5-11(12)13(18)9-20-16(19)15-8-10-4-3-7-14(10)21-15/h1-2,5-6,8H,3-4,7,9H2. The van der Waals surface area contributed by atoms with E-state index in [1.54, 1.807) is 24.3 Å². The number of hydrogen-bond donors (Lipinski definition) is 0. The van der Waals surface area contributed by atoms with Gasteiger partial charge in [0.2, 0.25) is 5.78 Å². The molecule has 0 atom stereocenters. The van der Waals surface area contributed by atoms with E-state index in [4.69, 9.17) is 16.3 Å². The van der Waals surface area contributed by atoms with Crippen molar-refractivity contribution in [2.24, 2.45) is 0 Å². The first-order valence-corrected chi connectivity index (χ1v) is 7.91. The first-order valence-electron chi connectivity index (χ1n) is 6.71. The fourth-order valence-corrected chi connectivity index (χ4v) is 3.79. The van der Waals surface area contributed by atoms with Crippen LogP contribution in [0.15, 0.2) is 30.3 Å². The van der Waals surface area contributed by atoms with Crippen molar-refractivity contribution in [3.63, 3.8) is 0 Å². The lowest BCUT2D eigenvalue weighted by Crippen LogP contribution is -2.13. The van der Waals surface area contributed by atoms with Crippen molar-refractivity contribution in [1.82, 2.24) is 0 Å². The molecule has 0 saturated heterocycles. The van der Waals surface area contributed by atoms with Crippen LogP contribution in [-0.2, 0) is 17.6 Å². The first-order chi connectivity index (χ1) is 10.1. The van der Waals surface area contributed by atoms with Gasteiger partial charge < -0.3 is 4.74 Å². The average molecular weight is 321 g/mol. The number of hydrogen-bond acceptors (Lipinski definition) is 4. The van der Waals surface area contributed by atoms with E-state index in [2.05, 4.69) is 0 Å². The number of esters is 1. The Morgan fingerprint density at radius 3 is 2.81 bits per heavy atom. The van der Waals surface area contributed by atoms with Gasteiger partial charge in [0.25, 0.3) is 0 Å². The zero-order valence-electron chi connectivity index (χ0n) is 11.2. The van der Waals surface area contributed by atoms with E-state index in [0.29, 0.717) is 15.5 Å². The number of ketones is 1. The summed E-state index contributed by atoms with van der Waals surface area (Å²) in [6.07, 6.45) is 3.21. The minimum atomic E-state index is -0.435. The molecule has 0 saturated carbocycles. The summed E-state index contributed by atoms with van der Waals surface area (Å²) in [6, 6.07) is 8.62. The molecule has 2 aromatic rings. The highest BCUT2D eigenvalue weighted by Gasteiger charge is 2.20. The Kier molecular flexibility index (Phi) is 4.08. The molecule has 1 heterocycles. The molecule has 1 aliphatic carbocycles. The van der Waals surface area contributed by atoms with Crippen LogP contribution in [0.25, 0.3) is 0 Å². The van der Waals surface area contributed by atoms with E-state index >= 15 is 0 Å². The third kappa shape index (κ3) is 3.01. The number of thiophene rings is 1. The van der Waals surface area contributed by atoms with Gasteiger partial charge in [0.1, 0.15) is 4.88 Å². The SMILES string of the molecule is O=C(OCC(=O)c1ccccc1Cl)c1cc2c(s1)CCC2. The van der Waals surface area contributed by atoms with Crippen molar-refractivity contribution >= 4 is 34.7 Å². The molecule has 0 aliphatic heterocycles.